The van der Waals surface area contributed by atoms with Gasteiger partial charge in [-0.2, -0.15) is 5.10 Å². The summed E-state index contributed by atoms with van der Waals surface area (Å²) in [7, 11) is 0. The standard InChI is InChI=1S/C24H27ClN4O2/c1-24(2,3)19-10-8-17(9-11-19)23(31)26-14-13-22(30)28-21-12-15-27-29(21)16-18-6-4-5-7-20(18)25/h4-12,15H,13-14,16H2,1-3H3,(H,26,31)(H,28,30). The van der Waals surface area contributed by atoms with Crippen LogP contribution >= 0.6 is 11.6 Å². The molecule has 0 spiro atoms. The van der Waals surface area contributed by atoms with Gasteiger partial charge in [0.1, 0.15) is 5.82 Å². The Morgan fingerprint density at radius 2 is 1.74 bits per heavy atom. The van der Waals surface area contributed by atoms with E-state index in [4.69, 9.17) is 11.6 Å². The van der Waals surface area contributed by atoms with Gasteiger partial charge in [0.2, 0.25) is 5.91 Å². The minimum atomic E-state index is -0.204. The maximum Gasteiger partial charge on any atom is 0.251 e. The summed E-state index contributed by atoms with van der Waals surface area (Å²) in [6.45, 7) is 7.07. The van der Waals surface area contributed by atoms with Crippen LogP contribution in [0.5, 0.6) is 0 Å². The molecule has 0 aliphatic heterocycles. The van der Waals surface area contributed by atoms with Crippen molar-refractivity contribution in [3.05, 3.63) is 82.5 Å². The molecule has 7 heteroatoms. The number of hydrogen-bond acceptors (Lipinski definition) is 3. The third kappa shape index (κ3) is 6.18. The molecule has 0 atom stereocenters. The molecule has 6 nitrogen and oxygen atoms in total. The van der Waals surface area contributed by atoms with Crippen LogP contribution < -0.4 is 10.6 Å². The molecule has 0 saturated carbocycles. The zero-order valence-corrected chi connectivity index (χ0v) is 18.7. The van der Waals surface area contributed by atoms with E-state index >= 15 is 0 Å². The second-order valence-corrected chi connectivity index (χ2v) is 8.75. The van der Waals surface area contributed by atoms with Crippen LogP contribution in [0.25, 0.3) is 0 Å². The fourth-order valence-corrected chi connectivity index (χ4v) is 3.27. The number of nitrogens with zero attached hydrogens (tertiary/aromatic N) is 2. The molecule has 0 fully saturated rings. The summed E-state index contributed by atoms with van der Waals surface area (Å²) in [4.78, 5) is 24.6. The quantitative estimate of drug-likeness (QED) is 0.564. The van der Waals surface area contributed by atoms with Crippen LogP contribution in [0.2, 0.25) is 5.02 Å². The van der Waals surface area contributed by atoms with Crippen LogP contribution in [0.4, 0.5) is 5.82 Å². The minimum absolute atomic E-state index is 0.0332. The first-order valence-corrected chi connectivity index (χ1v) is 10.6. The second kappa shape index (κ2) is 9.79. The van der Waals surface area contributed by atoms with Gasteiger partial charge in [0.25, 0.3) is 5.91 Å². The number of amides is 2. The lowest BCUT2D eigenvalue weighted by atomic mass is 9.87. The Balaban J connectivity index is 1.49. The van der Waals surface area contributed by atoms with Crippen molar-refractivity contribution < 1.29 is 9.59 Å². The Morgan fingerprint density at radius 1 is 1.03 bits per heavy atom. The van der Waals surface area contributed by atoms with E-state index < -0.39 is 0 Å². The van der Waals surface area contributed by atoms with E-state index in [1.807, 2.05) is 48.5 Å². The highest BCUT2D eigenvalue weighted by Gasteiger charge is 2.14. The smallest absolute Gasteiger partial charge is 0.251 e. The zero-order chi connectivity index (χ0) is 22.4. The van der Waals surface area contributed by atoms with E-state index in [0.29, 0.717) is 22.9 Å². The van der Waals surface area contributed by atoms with E-state index in [0.717, 1.165) is 11.1 Å². The van der Waals surface area contributed by atoms with Gasteiger partial charge in [0, 0.05) is 29.6 Å². The summed E-state index contributed by atoms with van der Waals surface area (Å²) >= 11 is 6.21. The number of nitrogens with one attached hydrogen (secondary N) is 2. The third-order valence-corrected chi connectivity index (χ3v) is 5.28. The SMILES string of the molecule is CC(C)(C)c1ccc(C(=O)NCCC(=O)Nc2ccnn2Cc2ccccc2Cl)cc1. The molecule has 2 aromatic carbocycles. The third-order valence-electron chi connectivity index (χ3n) is 4.91. The molecular weight excluding hydrogens is 412 g/mol. The molecule has 0 bridgehead atoms. The van der Waals surface area contributed by atoms with Gasteiger partial charge in [-0.25, -0.2) is 4.68 Å². The number of carbonyl (C=O) groups excluding carboxylic acids is 2. The van der Waals surface area contributed by atoms with Crippen LogP contribution in [0.15, 0.2) is 60.8 Å². The Kier molecular flexibility index (Phi) is 7.13. The second-order valence-electron chi connectivity index (χ2n) is 8.35. The van der Waals surface area contributed by atoms with Crippen molar-refractivity contribution in [2.75, 3.05) is 11.9 Å². The Labute approximate surface area is 187 Å². The van der Waals surface area contributed by atoms with Gasteiger partial charge in [0.05, 0.1) is 12.7 Å². The fraction of sp³-hybridized carbons (Fsp3) is 0.292. The summed E-state index contributed by atoms with van der Waals surface area (Å²) in [6.07, 6.45) is 1.78. The molecule has 0 saturated heterocycles. The molecule has 0 aliphatic rings. The normalized spacial score (nSPS) is 11.2. The van der Waals surface area contributed by atoms with Gasteiger partial charge < -0.3 is 10.6 Å². The summed E-state index contributed by atoms with van der Waals surface area (Å²) in [5.41, 5.74) is 2.68. The molecule has 3 aromatic rings. The Bertz CT molecular complexity index is 1050. The van der Waals surface area contributed by atoms with Crippen molar-refractivity contribution in [3.63, 3.8) is 0 Å². The van der Waals surface area contributed by atoms with Crippen molar-refractivity contribution in [3.8, 4) is 0 Å². The van der Waals surface area contributed by atoms with E-state index in [1.54, 1.807) is 16.9 Å². The number of anilines is 1. The lowest BCUT2D eigenvalue weighted by molar-refractivity contribution is -0.116. The first kappa shape index (κ1) is 22.6. The van der Waals surface area contributed by atoms with Crippen LogP contribution in [0, 0.1) is 0 Å². The molecule has 1 heterocycles. The van der Waals surface area contributed by atoms with Gasteiger partial charge >= 0.3 is 0 Å². The van der Waals surface area contributed by atoms with Crippen LogP contribution in [-0.4, -0.2) is 28.1 Å². The number of hydrogen-bond donors (Lipinski definition) is 2. The molecule has 1 aromatic heterocycles. The van der Waals surface area contributed by atoms with Gasteiger partial charge in [-0.15, -0.1) is 0 Å². The van der Waals surface area contributed by atoms with Crippen LogP contribution in [-0.2, 0) is 16.8 Å². The average Bonchev–Trinajstić information content (AvgIpc) is 3.15. The van der Waals surface area contributed by atoms with Crippen molar-refractivity contribution in [1.82, 2.24) is 15.1 Å². The van der Waals surface area contributed by atoms with Gasteiger partial charge in [-0.3, -0.25) is 9.59 Å². The molecule has 2 amide bonds. The van der Waals surface area contributed by atoms with Crippen LogP contribution in [0.3, 0.4) is 0 Å². The van der Waals surface area contributed by atoms with Crippen LogP contribution in [0.1, 0.15) is 48.7 Å². The van der Waals surface area contributed by atoms with E-state index in [1.165, 1.54) is 0 Å². The highest BCUT2D eigenvalue weighted by Crippen LogP contribution is 2.22. The van der Waals surface area contributed by atoms with E-state index in [2.05, 4.69) is 36.5 Å². The minimum Gasteiger partial charge on any atom is -0.352 e. The Morgan fingerprint density at radius 3 is 2.42 bits per heavy atom. The topological polar surface area (TPSA) is 76.0 Å². The number of benzene rings is 2. The lowest BCUT2D eigenvalue weighted by Gasteiger charge is -2.19. The highest BCUT2D eigenvalue weighted by atomic mass is 35.5. The average molecular weight is 439 g/mol. The molecule has 3 rings (SSSR count). The van der Waals surface area contributed by atoms with E-state index in [-0.39, 0.29) is 30.2 Å². The number of aromatic nitrogens is 2. The predicted octanol–water partition coefficient (Wildman–Crippen LogP) is 4.64. The summed E-state index contributed by atoms with van der Waals surface area (Å²) in [6, 6.07) is 16.8. The van der Waals surface area contributed by atoms with Gasteiger partial charge in [0.15, 0.2) is 0 Å². The molecule has 0 radical (unpaired) electrons. The summed E-state index contributed by atoms with van der Waals surface area (Å²) in [5, 5.41) is 10.5. The van der Waals surface area contributed by atoms with Crippen molar-refractivity contribution in [2.45, 2.75) is 39.2 Å². The van der Waals surface area contributed by atoms with Crippen molar-refractivity contribution in [2.24, 2.45) is 0 Å². The van der Waals surface area contributed by atoms with Crippen molar-refractivity contribution in [1.29, 1.82) is 0 Å². The maximum absolute atomic E-state index is 12.3. The molecule has 2 N–H and O–H groups in total. The summed E-state index contributed by atoms with van der Waals surface area (Å²) < 4.78 is 1.68. The Hall–Kier alpha value is -3.12. The predicted molar refractivity (Wildman–Crippen MR) is 124 cm³/mol. The molecule has 0 aliphatic carbocycles. The number of rotatable bonds is 7. The first-order valence-electron chi connectivity index (χ1n) is 10.2. The zero-order valence-electron chi connectivity index (χ0n) is 18.0. The van der Waals surface area contributed by atoms with Gasteiger partial charge in [-0.1, -0.05) is 62.7 Å². The van der Waals surface area contributed by atoms with E-state index in [9.17, 15) is 9.59 Å². The first-order chi connectivity index (χ1) is 14.7. The molecule has 0 unspecified atom stereocenters. The summed E-state index contributed by atoms with van der Waals surface area (Å²) in [5.74, 6) is 0.176. The highest BCUT2D eigenvalue weighted by molar-refractivity contribution is 6.31. The van der Waals surface area contributed by atoms with Gasteiger partial charge in [-0.05, 0) is 34.7 Å². The molecular formula is C24H27ClN4O2. The molecule has 31 heavy (non-hydrogen) atoms. The fourth-order valence-electron chi connectivity index (χ4n) is 3.07. The number of halogens is 1. The largest absolute Gasteiger partial charge is 0.352 e. The van der Waals surface area contributed by atoms with Crippen molar-refractivity contribution >= 4 is 29.2 Å². The number of carbonyl (C=O) groups is 2. The monoisotopic (exact) mass is 438 g/mol. The molecule has 162 valence electrons. The maximum atomic E-state index is 12.3. The lowest BCUT2D eigenvalue weighted by Crippen LogP contribution is -2.28.